The fourth-order valence-electron chi connectivity index (χ4n) is 4.02. The van der Waals surface area contributed by atoms with Gasteiger partial charge in [-0.2, -0.15) is 21.6 Å². The van der Waals surface area contributed by atoms with Gasteiger partial charge in [0.25, 0.3) is 17.5 Å². The summed E-state index contributed by atoms with van der Waals surface area (Å²) in [6.07, 6.45) is 1.94. The Morgan fingerprint density at radius 1 is 1.10 bits per heavy atom. The average Bonchev–Trinajstić information content (AvgIpc) is 3.03. The molecule has 19 nitrogen and oxygen atoms in total. The number of hydrogen-bond acceptors (Lipinski definition) is 13. The number of nitro groups is 1. The van der Waals surface area contributed by atoms with Crippen LogP contribution in [0.2, 0.25) is 5.02 Å². The second-order valence-electron chi connectivity index (χ2n) is 12.1. The van der Waals surface area contributed by atoms with Crippen molar-refractivity contribution >= 4 is 79.5 Å². The van der Waals surface area contributed by atoms with Crippen LogP contribution in [-0.4, -0.2) is 97.7 Å². The van der Waals surface area contributed by atoms with E-state index in [1.807, 2.05) is 5.32 Å². The van der Waals surface area contributed by atoms with E-state index in [-0.39, 0.29) is 11.5 Å². The minimum absolute atomic E-state index is 0.189. The molecule has 1 aliphatic rings. The first-order valence-electron chi connectivity index (χ1n) is 15.6. The fraction of sp³-hybridized carbons (Fsp3) is 0.323. The number of carbonyl (C=O) groups excluding carboxylic acids is 2. The van der Waals surface area contributed by atoms with Crippen LogP contribution in [0.15, 0.2) is 60.7 Å². The molecule has 0 spiro atoms. The zero-order chi connectivity index (χ0) is 45.0. The number of ether oxygens (including phenoxy) is 1. The number of fused-ring (bicyclic) bond motifs is 1. The lowest BCUT2D eigenvalue weighted by Gasteiger charge is -2.31. The largest absolute Gasteiger partial charge is 0.778 e. The van der Waals surface area contributed by atoms with Gasteiger partial charge in [0.1, 0.15) is 24.7 Å². The van der Waals surface area contributed by atoms with Gasteiger partial charge in [-0.25, -0.2) is 17.4 Å². The number of aliphatic carboxylic acids is 1. The van der Waals surface area contributed by atoms with Crippen molar-refractivity contribution in [1.82, 2.24) is 14.3 Å². The van der Waals surface area contributed by atoms with Gasteiger partial charge >= 0.3 is 22.4 Å². The number of sulfonamides is 1. The lowest BCUT2D eigenvalue weighted by Crippen LogP contribution is -2.48. The van der Waals surface area contributed by atoms with Crippen molar-refractivity contribution in [3.05, 3.63) is 92.5 Å². The SMILES string of the molecule is CC(C)N1C(=O)c2ccccc2NS1(=O)=O.CS(=O)(=O)NC(=O)c1cc(Oc2ccc(C(F)(F)F)cc2Cl)ccc1[N+](=O)[O-].C[S+](C)C.O=C(O)CNCP(=O)([O-])O. The van der Waals surface area contributed by atoms with Crippen LogP contribution in [0.5, 0.6) is 11.5 Å². The Morgan fingerprint density at radius 2 is 1.67 bits per heavy atom. The van der Waals surface area contributed by atoms with E-state index in [4.69, 9.17) is 26.3 Å². The fourth-order valence-corrected chi connectivity index (χ4v) is 6.51. The molecule has 1 heterocycles. The van der Waals surface area contributed by atoms with Gasteiger partial charge in [-0.05, 0) is 61.1 Å². The first-order chi connectivity index (χ1) is 26.4. The van der Waals surface area contributed by atoms with Gasteiger partial charge in [0.05, 0.1) is 64.6 Å². The van der Waals surface area contributed by atoms with Crippen LogP contribution in [0.3, 0.4) is 0 Å². The molecular formula is C31H38ClF3N5O14PS3. The number of nitro benzene ring substituents is 1. The van der Waals surface area contributed by atoms with Crippen LogP contribution in [-0.2, 0) is 46.7 Å². The number of halogens is 4. The highest BCUT2D eigenvalue weighted by Gasteiger charge is 2.37. The molecule has 0 aliphatic carbocycles. The summed E-state index contributed by atoms with van der Waals surface area (Å²) in [5, 5.41) is 20.6. The number of para-hydroxylation sites is 1. The van der Waals surface area contributed by atoms with E-state index in [9.17, 15) is 64.0 Å². The molecule has 0 saturated heterocycles. The summed E-state index contributed by atoms with van der Waals surface area (Å²) >= 11 is 5.76. The number of nitrogens with zero attached hydrogens (tertiary/aromatic N) is 2. The first-order valence-corrected chi connectivity index (χ1v) is 23.5. The number of alkyl halides is 3. The Hall–Kier alpha value is -4.49. The van der Waals surface area contributed by atoms with Crippen LogP contribution in [0.4, 0.5) is 24.5 Å². The maximum atomic E-state index is 12.7. The Balaban J connectivity index is 0.000000468. The van der Waals surface area contributed by atoms with Crippen molar-refractivity contribution < 1.29 is 73.5 Å². The third-order valence-electron chi connectivity index (χ3n) is 6.09. The van der Waals surface area contributed by atoms with Crippen LogP contribution >= 0.6 is 19.2 Å². The molecule has 0 aromatic heterocycles. The normalized spacial score (nSPS) is 14.1. The molecule has 0 bridgehead atoms. The minimum atomic E-state index is -4.62. The lowest BCUT2D eigenvalue weighted by atomic mass is 10.1. The van der Waals surface area contributed by atoms with E-state index >= 15 is 0 Å². The molecular weight excluding hydrogens is 886 g/mol. The lowest BCUT2D eigenvalue weighted by molar-refractivity contribution is -0.385. The number of rotatable bonds is 10. The molecule has 1 atom stereocenters. The minimum Gasteiger partial charge on any atom is -0.778 e. The summed E-state index contributed by atoms with van der Waals surface area (Å²) in [6.45, 7) is 2.84. The molecule has 1 aliphatic heterocycles. The van der Waals surface area contributed by atoms with Crippen molar-refractivity contribution in [2.75, 3.05) is 42.6 Å². The molecule has 0 saturated carbocycles. The Kier molecular flexibility index (Phi) is 19.1. The van der Waals surface area contributed by atoms with Gasteiger partial charge in [-0.3, -0.25) is 34.5 Å². The number of anilines is 1. The Bertz CT molecular complexity index is 2240. The van der Waals surface area contributed by atoms with Crippen molar-refractivity contribution in [3.8, 4) is 11.5 Å². The van der Waals surface area contributed by atoms with Crippen LogP contribution in [0.1, 0.15) is 40.1 Å². The average molecular weight is 924 g/mol. The van der Waals surface area contributed by atoms with Crippen molar-refractivity contribution in [2.24, 2.45) is 0 Å². The second kappa shape index (κ2) is 21.5. The number of benzene rings is 3. The molecule has 5 N–H and O–H groups in total. The second-order valence-corrected chi connectivity index (χ2v) is 19.8. The molecule has 322 valence electrons. The first kappa shape index (κ1) is 51.5. The topological polar surface area (TPSA) is 292 Å². The van der Waals surface area contributed by atoms with E-state index in [1.165, 1.54) is 0 Å². The molecule has 0 radical (unpaired) electrons. The maximum Gasteiger partial charge on any atom is 0.416 e. The summed E-state index contributed by atoms with van der Waals surface area (Å²) < 4.78 is 104. The Morgan fingerprint density at radius 3 is 2.14 bits per heavy atom. The molecule has 0 fully saturated rings. The van der Waals surface area contributed by atoms with E-state index < -0.39 is 97.4 Å². The number of hydrogen-bond donors (Lipinski definition) is 5. The van der Waals surface area contributed by atoms with Crippen molar-refractivity contribution in [3.63, 3.8) is 0 Å². The van der Waals surface area contributed by atoms with Gasteiger partial charge in [-0.1, -0.05) is 23.7 Å². The molecule has 4 rings (SSSR count). The molecule has 58 heavy (non-hydrogen) atoms. The van der Waals surface area contributed by atoms with Gasteiger partial charge in [-0.15, -0.1) is 0 Å². The predicted octanol–water partition coefficient (Wildman–Crippen LogP) is 3.61. The monoisotopic (exact) mass is 923 g/mol. The summed E-state index contributed by atoms with van der Waals surface area (Å²) in [5.41, 5.74) is -1.62. The molecule has 3 aromatic rings. The van der Waals surface area contributed by atoms with Gasteiger partial charge in [0, 0.05) is 18.2 Å². The molecule has 27 heteroatoms. The highest BCUT2D eigenvalue weighted by molar-refractivity contribution is 7.94. The third-order valence-corrected chi connectivity index (χ3v) is 9.14. The zero-order valence-corrected chi connectivity index (χ0v) is 35.2. The highest BCUT2D eigenvalue weighted by Crippen LogP contribution is 2.37. The number of carbonyl (C=O) groups is 3. The molecule has 2 amide bonds. The quantitative estimate of drug-likeness (QED) is 0.0840. The van der Waals surface area contributed by atoms with E-state index in [0.29, 0.717) is 40.5 Å². The van der Waals surface area contributed by atoms with Crippen molar-refractivity contribution in [2.45, 2.75) is 26.1 Å². The molecule has 1 unspecified atom stereocenters. The summed E-state index contributed by atoms with van der Waals surface area (Å²) in [5.74, 6) is -3.33. The van der Waals surface area contributed by atoms with Crippen LogP contribution in [0.25, 0.3) is 0 Å². The highest BCUT2D eigenvalue weighted by atomic mass is 35.5. The standard InChI is InChI=1S/C15H10ClF3N2O6S.C10H12N2O3S.C3H8NO5P.C3H9S/c1-28(25,26)20-14(22)10-7-9(3-4-12(10)21(23)24)27-13-5-2-8(6-11(13)16)15(17,18)19;1-7(2)12-10(13)8-5-3-4-6-9(8)11-16(12,14)15;5-3(6)1-4-2-10(7,8)9;1-4(2)3/h2-7H,1H3,(H,20,22);3-7,11H,1-2H3;4H,1-2H2,(H,5,6)(H2,7,8,9);1-3H3/q;;;+1/p-1. The van der Waals surface area contributed by atoms with Crippen LogP contribution < -0.4 is 24.4 Å². The van der Waals surface area contributed by atoms with E-state index in [2.05, 4.69) is 23.5 Å². The number of amides is 2. The summed E-state index contributed by atoms with van der Waals surface area (Å²) in [7, 11) is -11.5. The summed E-state index contributed by atoms with van der Waals surface area (Å²) in [6, 6.07) is 11.2. The molecule has 3 aromatic carbocycles. The van der Waals surface area contributed by atoms with E-state index in [0.717, 1.165) is 28.6 Å². The van der Waals surface area contributed by atoms with Gasteiger partial charge in [0.2, 0.25) is 10.0 Å². The van der Waals surface area contributed by atoms with Crippen molar-refractivity contribution in [1.29, 1.82) is 0 Å². The zero-order valence-electron chi connectivity index (χ0n) is 31.1. The predicted molar refractivity (Wildman–Crippen MR) is 208 cm³/mol. The van der Waals surface area contributed by atoms with Crippen LogP contribution in [0, 0.1) is 10.1 Å². The summed E-state index contributed by atoms with van der Waals surface area (Å²) in [4.78, 5) is 61.9. The number of nitrogens with one attached hydrogen (secondary N) is 3. The maximum absolute atomic E-state index is 12.7. The number of carboxylic acid groups (broad SMARTS) is 1. The van der Waals surface area contributed by atoms with Gasteiger partial charge in [0.15, 0.2) is 0 Å². The van der Waals surface area contributed by atoms with Gasteiger partial charge < -0.3 is 24.2 Å². The van der Waals surface area contributed by atoms with E-state index in [1.54, 1.807) is 42.8 Å². The smallest absolute Gasteiger partial charge is 0.416 e. The Labute approximate surface area is 338 Å². The number of carboxylic acids is 1. The third kappa shape index (κ3) is 18.0.